The highest BCUT2D eigenvalue weighted by atomic mass is 32.1. The Morgan fingerprint density at radius 3 is 1.80 bits per heavy atom. The number of fused-ring (bicyclic) bond motifs is 14. The zero-order chi connectivity index (χ0) is 33.3. The van der Waals surface area contributed by atoms with E-state index in [0.29, 0.717) is 0 Å². The number of aromatic nitrogens is 2. The number of allylic oxidation sites excluding steroid dienone is 1. The van der Waals surface area contributed by atoms with E-state index in [1.807, 2.05) is 22.7 Å². The van der Waals surface area contributed by atoms with E-state index in [-0.39, 0.29) is 10.8 Å². The van der Waals surface area contributed by atoms with Gasteiger partial charge in [-0.25, -0.2) is 0 Å². The number of hydrogen-bond donors (Lipinski definition) is 0. The van der Waals surface area contributed by atoms with E-state index in [9.17, 15) is 0 Å². The van der Waals surface area contributed by atoms with Crippen LogP contribution >= 0.6 is 22.7 Å². The first kappa shape index (κ1) is 27.9. The van der Waals surface area contributed by atoms with Crippen LogP contribution in [0.25, 0.3) is 82.3 Å². The van der Waals surface area contributed by atoms with Crippen LogP contribution in [0.3, 0.4) is 0 Å². The summed E-state index contributed by atoms with van der Waals surface area (Å²) in [5.74, 6) is 0. The molecule has 9 aromatic rings. The Labute approximate surface area is 298 Å². The lowest BCUT2D eigenvalue weighted by molar-refractivity contribution is 0.644. The van der Waals surface area contributed by atoms with Crippen molar-refractivity contribution in [3.05, 3.63) is 134 Å². The van der Waals surface area contributed by atoms with Gasteiger partial charge in [-0.1, -0.05) is 101 Å². The maximum Gasteiger partial charge on any atom is 0.0689 e. The Kier molecular flexibility index (Phi) is 5.05. The molecular weight excluding hydrogens is 645 g/mol. The van der Waals surface area contributed by atoms with Gasteiger partial charge < -0.3 is 9.13 Å². The molecule has 0 amide bonds. The Morgan fingerprint density at radius 1 is 0.560 bits per heavy atom. The van der Waals surface area contributed by atoms with E-state index in [4.69, 9.17) is 0 Å². The van der Waals surface area contributed by atoms with Crippen LogP contribution < -0.4 is 0 Å². The van der Waals surface area contributed by atoms with Crippen LogP contribution in [-0.2, 0) is 17.3 Å². The molecule has 0 saturated heterocycles. The summed E-state index contributed by atoms with van der Waals surface area (Å²) in [5, 5.41) is 6.72. The second kappa shape index (κ2) is 9.06. The van der Waals surface area contributed by atoms with Crippen LogP contribution in [-0.4, -0.2) is 9.13 Å². The largest absolute Gasteiger partial charge is 0.307 e. The minimum absolute atomic E-state index is 0.0398. The number of benzene rings is 5. The van der Waals surface area contributed by atoms with Crippen LogP contribution in [0, 0.1) is 0 Å². The molecule has 2 nitrogen and oxygen atoms in total. The number of thiophene rings is 2. The topological polar surface area (TPSA) is 9.86 Å². The molecule has 1 aliphatic carbocycles. The molecule has 4 aromatic heterocycles. The molecule has 6 heterocycles. The predicted octanol–water partition coefficient (Wildman–Crippen LogP) is 13.1. The quantitative estimate of drug-likeness (QED) is 0.164. The van der Waals surface area contributed by atoms with Gasteiger partial charge >= 0.3 is 0 Å². The van der Waals surface area contributed by atoms with Crippen molar-refractivity contribution in [2.24, 2.45) is 0 Å². The molecule has 0 N–H and O–H groups in total. The first-order valence-electron chi connectivity index (χ1n) is 17.8. The third-order valence-electron chi connectivity index (χ3n) is 12.2. The van der Waals surface area contributed by atoms with Crippen LogP contribution in [0.4, 0.5) is 0 Å². The van der Waals surface area contributed by atoms with Gasteiger partial charge in [0.15, 0.2) is 0 Å². The van der Waals surface area contributed by atoms with Crippen molar-refractivity contribution in [2.45, 2.75) is 51.4 Å². The second-order valence-electron chi connectivity index (χ2n) is 15.6. The van der Waals surface area contributed by atoms with Crippen molar-refractivity contribution >= 4 is 82.4 Å². The van der Waals surface area contributed by atoms with E-state index in [2.05, 4.69) is 146 Å². The van der Waals surface area contributed by atoms with Crippen LogP contribution in [0.5, 0.6) is 0 Å². The number of para-hydroxylation sites is 2. The Balaban J connectivity index is 1.12. The molecule has 0 atom stereocenters. The van der Waals surface area contributed by atoms with E-state index in [0.717, 1.165) is 12.8 Å². The van der Waals surface area contributed by atoms with Crippen LogP contribution in [0.2, 0.25) is 0 Å². The van der Waals surface area contributed by atoms with Crippen LogP contribution in [0.15, 0.2) is 103 Å². The molecule has 12 rings (SSSR count). The minimum atomic E-state index is -0.0695. The molecule has 4 heteroatoms. The molecule has 3 aliphatic rings. The lowest BCUT2D eigenvalue weighted by Crippen LogP contribution is -2.25. The molecule has 0 spiro atoms. The van der Waals surface area contributed by atoms with Crippen molar-refractivity contribution in [1.82, 2.24) is 9.13 Å². The molecule has 50 heavy (non-hydrogen) atoms. The first-order valence-corrected chi connectivity index (χ1v) is 19.5. The summed E-state index contributed by atoms with van der Waals surface area (Å²) in [6.07, 6.45) is 6.95. The van der Waals surface area contributed by atoms with E-state index in [1.54, 1.807) is 0 Å². The molecule has 0 radical (unpaired) electrons. The summed E-state index contributed by atoms with van der Waals surface area (Å²) in [6.45, 7) is 9.67. The smallest absolute Gasteiger partial charge is 0.0689 e. The molecule has 2 aliphatic heterocycles. The molecule has 0 fully saturated rings. The van der Waals surface area contributed by atoms with Gasteiger partial charge in [-0.3, -0.25) is 0 Å². The fourth-order valence-corrected chi connectivity index (χ4v) is 12.5. The number of rotatable bonds is 1. The predicted molar refractivity (Wildman–Crippen MR) is 215 cm³/mol. The molecule has 240 valence electrons. The van der Waals surface area contributed by atoms with Gasteiger partial charge in [0, 0.05) is 57.1 Å². The Morgan fingerprint density at radius 2 is 1.14 bits per heavy atom. The van der Waals surface area contributed by atoms with Gasteiger partial charge in [0.25, 0.3) is 0 Å². The summed E-state index contributed by atoms with van der Waals surface area (Å²) >= 11 is 3.96. The van der Waals surface area contributed by atoms with Crippen molar-refractivity contribution < 1.29 is 0 Å². The van der Waals surface area contributed by atoms with Crippen molar-refractivity contribution in [1.29, 1.82) is 0 Å². The lowest BCUT2D eigenvalue weighted by atomic mass is 9.78. The average molecular weight is 679 g/mol. The van der Waals surface area contributed by atoms with Crippen molar-refractivity contribution in [3.63, 3.8) is 0 Å². The fourth-order valence-electron chi connectivity index (χ4n) is 9.82. The summed E-state index contributed by atoms with van der Waals surface area (Å²) < 4.78 is 6.56. The maximum absolute atomic E-state index is 2.62. The van der Waals surface area contributed by atoms with E-state index < -0.39 is 0 Å². The maximum atomic E-state index is 2.62. The summed E-state index contributed by atoms with van der Waals surface area (Å²) in [6, 6.07) is 37.3. The van der Waals surface area contributed by atoms with E-state index >= 15 is 0 Å². The van der Waals surface area contributed by atoms with Gasteiger partial charge in [-0.2, -0.15) is 0 Å². The van der Waals surface area contributed by atoms with Crippen molar-refractivity contribution in [2.75, 3.05) is 0 Å². The standard InChI is InChI=1S/C46H34N2S2/c1-45(2)33-15-9-13-27-31-23-25(19-21-35(31)47(39(27)33)41-29-11-5-7-17-37(29)49-43(41)45)26-20-22-36-32(24-26)28-14-10-16-34-40(28)48(36)42-30-12-6-8-18-38(30)50-44(42)46(34,3)4/h5,7-11,13-24H,6,12H2,1-4H3. The van der Waals surface area contributed by atoms with Gasteiger partial charge in [-0.05, 0) is 77.1 Å². The summed E-state index contributed by atoms with van der Waals surface area (Å²) in [4.78, 5) is 4.39. The summed E-state index contributed by atoms with van der Waals surface area (Å²) in [5.41, 5.74) is 15.0. The highest BCUT2D eigenvalue weighted by Gasteiger charge is 2.40. The third-order valence-corrected chi connectivity index (χ3v) is 15.2. The average Bonchev–Trinajstić information content (AvgIpc) is 3.88. The van der Waals surface area contributed by atoms with Crippen LogP contribution in [0.1, 0.15) is 65.4 Å². The highest BCUT2D eigenvalue weighted by Crippen LogP contribution is 2.55. The third kappa shape index (κ3) is 3.18. The summed E-state index contributed by atoms with van der Waals surface area (Å²) in [7, 11) is 0. The number of hydrogen-bond acceptors (Lipinski definition) is 2. The molecular formula is C46H34N2S2. The molecule has 0 saturated carbocycles. The molecule has 0 bridgehead atoms. The van der Waals surface area contributed by atoms with Gasteiger partial charge in [0.2, 0.25) is 0 Å². The second-order valence-corrected chi connectivity index (χ2v) is 17.7. The number of nitrogens with zero attached hydrogens (tertiary/aromatic N) is 2. The van der Waals surface area contributed by atoms with Crippen molar-refractivity contribution in [3.8, 4) is 22.5 Å². The first-order chi connectivity index (χ1) is 24.3. The molecule has 5 aromatic carbocycles. The van der Waals surface area contributed by atoms with Gasteiger partial charge in [0.1, 0.15) is 0 Å². The zero-order valence-electron chi connectivity index (χ0n) is 28.5. The minimum Gasteiger partial charge on any atom is -0.307 e. The van der Waals surface area contributed by atoms with Gasteiger partial charge in [0.05, 0.1) is 33.4 Å². The zero-order valence-corrected chi connectivity index (χ0v) is 30.2. The Bertz CT molecular complexity index is 3040. The fraction of sp³-hybridized carbons (Fsp3) is 0.174. The monoisotopic (exact) mass is 678 g/mol. The normalized spacial score (nSPS) is 16.5. The SMILES string of the molecule is CC1(C)c2sc3c(c2-n2c4ccc(-c5ccc6c(c5)c5cccc7c5n6-c5c(sc6ccccc56)C7(C)C)cc4c4cccc1c42)CCC=C3. The van der Waals surface area contributed by atoms with Gasteiger partial charge in [-0.15, -0.1) is 22.7 Å². The highest BCUT2D eigenvalue weighted by molar-refractivity contribution is 7.19. The Hall–Kier alpha value is -4.90. The van der Waals surface area contributed by atoms with E-state index in [1.165, 1.54) is 108 Å². The lowest BCUT2D eigenvalue weighted by Gasteiger charge is -2.32. The molecule has 0 unspecified atom stereocenters.